The number of ketones is 1. The largest absolute Gasteiger partial charge is 0.343 e. The Morgan fingerprint density at radius 2 is 1.68 bits per heavy atom. The molecule has 0 aliphatic carbocycles. The molecule has 0 bridgehead atoms. The summed E-state index contributed by atoms with van der Waals surface area (Å²) in [4.78, 5) is 38.4. The minimum Gasteiger partial charge on any atom is -0.343 e. The highest BCUT2D eigenvalue weighted by molar-refractivity contribution is 6.29. The highest BCUT2D eigenvalue weighted by atomic mass is 35.5. The molecule has 0 amide bonds. The van der Waals surface area contributed by atoms with Crippen LogP contribution in [0.5, 0.6) is 0 Å². The number of hydrogen-bond acceptors (Lipinski definition) is 4. The normalized spacial score (nSPS) is 11.1. The number of hydrogen-bond donors (Lipinski definition) is 1. The molecule has 5 rings (SSSR count). The van der Waals surface area contributed by atoms with Gasteiger partial charge in [-0.3, -0.25) is 9.59 Å². The van der Waals surface area contributed by atoms with E-state index < -0.39 is 0 Å². The van der Waals surface area contributed by atoms with E-state index in [9.17, 15) is 9.59 Å². The maximum absolute atomic E-state index is 13.2. The van der Waals surface area contributed by atoms with Crippen LogP contribution in [0.3, 0.4) is 0 Å². The van der Waals surface area contributed by atoms with Gasteiger partial charge in [-0.05, 0) is 49.1 Å². The summed E-state index contributed by atoms with van der Waals surface area (Å²) >= 11 is 6.26. The molecule has 3 aromatic heterocycles. The molecule has 0 spiro atoms. The predicted molar refractivity (Wildman–Crippen MR) is 149 cm³/mol. The number of carbonyl (C=O) groups is 1. The van der Waals surface area contributed by atoms with Crippen LogP contribution in [0, 0.1) is 6.92 Å². The lowest BCUT2D eigenvalue weighted by Gasteiger charge is -2.13. The van der Waals surface area contributed by atoms with Crippen molar-refractivity contribution >= 4 is 28.4 Å². The van der Waals surface area contributed by atoms with Crippen LogP contribution in [0.2, 0.25) is 5.15 Å². The molecule has 3 heterocycles. The maximum atomic E-state index is 13.2. The number of Topliss-reactive ketones (excluding diaryl/α,β-unsaturated/α-hetero) is 1. The summed E-state index contributed by atoms with van der Waals surface area (Å²) in [5, 5.41) is 0.859. The fourth-order valence-corrected chi connectivity index (χ4v) is 4.74. The molecule has 184 valence electrons. The molecule has 0 saturated heterocycles. The van der Waals surface area contributed by atoms with Crippen LogP contribution in [0.4, 0.5) is 0 Å². The first-order valence-corrected chi connectivity index (χ1v) is 12.7. The zero-order chi connectivity index (χ0) is 25.9. The quantitative estimate of drug-likeness (QED) is 0.190. The van der Waals surface area contributed by atoms with Crippen LogP contribution in [-0.2, 0) is 12.8 Å². The summed E-state index contributed by atoms with van der Waals surface area (Å²) in [5.74, 6) is 0.0433. The van der Waals surface area contributed by atoms with E-state index in [0.29, 0.717) is 40.3 Å². The molecular weight excluding hydrogens is 482 g/mol. The standard InChI is InChI=1S/C31H26ClN3O2/c1-3-20-9-11-21(12-10-20)27(36)14-13-24-17-28(37)26-18-25(23-15-19(2)33-29(32)16-23)30(35-31(26)34-24)22-7-5-4-6-8-22/h4-12,15-18H,3,13-14H2,1-2H3,(H,34,35,37). The van der Waals surface area contributed by atoms with Crippen molar-refractivity contribution in [2.75, 3.05) is 0 Å². The van der Waals surface area contributed by atoms with E-state index in [1.807, 2.05) is 73.7 Å². The average Bonchev–Trinajstić information content (AvgIpc) is 2.91. The zero-order valence-corrected chi connectivity index (χ0v) is 21.5. The Balaban J connectivity index is 1.54. The van der Waals surface area contributed by atoms with Gasteiger partial charge in [-0.15, -0.1) is 0 Å². The Morgan fingerprint density at radius 1 is 0.919 bits per heavy atom. The van der Waals surface area contributed by atoms with Gasteiger partial charge in [0.05, 0.1) is 11.1 Å². The topological polar surface area (TPSA) is 75.7 Å². The zero-order valence-electron chi connectivity index (χ0n) is 20.7. The highest BCUT2D eigenvalue weighted by Crippen LogP contribution is 2.33. The first kappa shape index (κ1) is 24.6. The predicted octanol–water partition coefficient (Wildman–Crippen LogP) is 6.99. The lowest BCUT2D eigenvalue weighted by Crippen LogP contribution is -2.09. The number of rotatable bonds is 7. The van der Waals surface area contributed by atoms with E-state index in [2.05, 4.69) is 16.9 Å². The van der Waals surface area contributed by atoms with Crippen molar-refractivity contribution in [1.29, 1.82) is 0 Å². The molecule has 1 N–H and O–H groups in total. The van der Waals surface area contributed by atoms with Crippen molar-refractivity contribution in [2.24, 2.45) is 0 Å². The first-order valence-electron chi connectivity index (χ1n) is 12.3. The lowest BCUT2D eigenvalue weighted by atomic mass is 9.98. The summed E-state index contributed by atoms with van der Waals surface area (Å²) in [5.41, 5.74) is 6.97. The van der Waals surface area contributed by atoms with Gasteiger partial charge >= 0.3 is 0 Å². The molecule has 5 nitrogen and oxygen atoms in total. The molecule has 0 aliphatic heterocycles. The maximum Gasteiger partial charge on any atom is 0.191 e. The van der Waals surface area contributed by atoms with Gasteiger partial charge in [0.1, 0.15) is 10.8 Å². The molecule has 37 heavy (non-hydrogen) atoms. The number of H-pyrrole nitrogens is 1. The number of pyridine rings is 3. The number of carbonyl (C=O) groups excluding carboxylic acids is 1. The van der Waals surface area contributed by atoms with E-state index in [-0.39, 0.29) is 11.2 Å². The molecule has 2 aromatic carbocycles. The third-order valence-corrected chi connectivity index (χ3v) is 6.65. The minimum absolute atomic E-state index is 0.0433. The number of aryl methyl sites for hydroxylation is 3. The third-order valence-electron chi connectivity index (χ3n) is 6.46. The average molecular weight is 508 g/mol. The van der Waals surface area contributed by atoms with Crippen molar-refractivity contribution in [2.45, 2.75) is 33.1 Å². The van der Waals surface area contributed by atoms with E-state index in [1.165, 1.54) is 5.56 Å². The van der Waals surface area contributed by atoms with E-state index in [1.54, 1.807) is 12.1 Å². The van der Waals surface area contributed by atoms with Gasteiger partial charge in [-0.2, -0.15) is 0 Å². The van der Waals surface area contributed by atoms with Gasteiger partial charge in [-0.25, -0.2) is 9.97 Å². The molecule has 0 unspecified atom stereocenters. The number of benzene rings is 2. The third kappa shape index (κ3) is 5.37. The smallest absolute Gasteiger partial charge is 0.191 e. The Morgan fingerprint density at radius 3 is 2.38 bits per heavy atom. The van der Waals surface area contributed by atoms with Crippen LogP contribution in [0.15, 0.2) is 83.7 Å². The summed E-state index contributed by atoms with van der Waals surface area (Å²) in [6, 6.07) is 24.7. The van der Waals surface area contributed by atoms with Crippen molar-refractivity contribution in [1.82, 2.24) is 15.0 Å². The fourth-order valence-electron chi connectivity index (χ4n) is 4.49. The van der Waals surface area contributed by atoms with Gasteiger partial charge in [0.2, 0.25) is 0 Å². The monoisotopic (exact) mass is 507 g/mol. The fraction of sp³-hybridized carbons (Fsp3) is 0.161. The Labute approximate surface area is 220 Å². The van der Waals surface area contributed by atoms with E-state index >= 15 is 0 Å². The molecule has 6 heteroatoms. The van der Waals surface area contributed by atoms with Crippen LogP contribution in [-0.4, -0.2) is 20.7 Å². The molecule has 5 aromatic rings. The molecule has 0 radical (unpaired) electrons. The van der Waals surface area contributed by atoms with Gasteiger partial charge in [0, 0.05) is 40.6 Å². The minimum atomic E-state index is -0.145. The second-order valence-electron chi connectivity index (χ2n) is 9.10. The van der Waals surface area contributed by atoms with Crippen LogP contribution in [0.1, 0.15) is 40.7 Å². The Bertz CT molecular complexity index is 1640. The van der Waals surface area contributed by atoms with Crippen molar-refractivity contribution in [3.05, 3.63) is 117 Å². The summed E-state index contributed by atoms with van der Waals surface area (Å²) in [6.07, 6.45) is 1.65. The number of nitrogens with one attached hydrogen (secondary N) is 1. The van der Waals surface area contributed by atoms with Crippen molar-refractivity contribution < 1.29 is 4.79 Å². The van der Waals surface area contributed by atoms with Crippen LogP contribution < -0.4 is 5.43 Å². The highest BCUT2D eigenvalue weighted by Gasteiger charge is 2.16. The number of nitrogens with zero attached hydrogens (tertiary/aromatic N) is 2. The number of halogens is 1. The Hall–Kier alpha value is -4.09. The number of fused-ring (bicyclic) bond motifs is 1. The number of aromatic nitrogens is 3. The SMILES string of the molecule is CCc1ccc(C(=O)CCc2cc(=O)c3cc(-c4cc(C)nc(Cl)c4)c(-c4ccccc4)nc3[nH]2)cc1. The van der Waals surface area contributed by atoms with Crippen molar-refractivity contribution in [3.63, 3.8) is 0 Å². The van der Waals surface area contributed by atoms with E-state index in [0.717, 1.165) is 34.5 Å². The molecule has 0 aliphatic rings. The first-order chi connectivity index (χ1) is 17.9. The number of aromatic amines is 1. The lowest BCUT2D eigenvalue weighted by molar-refractivity contribution is 0.0982. The second-order valence-corrected chi connectivity index (χ2v) is 9.49. The van der Waals surface area contributed by atoms with E-state index in [4.69, 9.17) is 16.6 Å². The summed E-state index contributed by atoms with van der Waals surface area (Å²) in [7, 11) is 0. The molecule has 0 fully saturated rings. The molecular formula is C31H26ClN3O2. The van der Waals surface area contributed by atoms with Gasteiger partial charge in [-0.1, -0.05) is 73.1 Å². The van der Waals surface area contributed by atoms with Crippen molar-refractivity contribution in [3.8, 4) is 22.4 Å². The van der Waals surface area contributed by atoms with Crippen LogP contribution in [0.25, 0.3) is 33.4 Å². The van der Waals surface area contributed by atoms with Gasteiger partial charge in [0.15, 0.2) is 11.2 Å². The second kappa shape index (κ2) is 10.5. The van der Waals surface area contributed by atoms with Crippen LogP contribution >= 0.6 is 11.6 Å². The molecule has 0 saturated carbocycles. The molecule has 0 atom stereocenters. The summed E-state index contributed by atoms with van der Waals surface area (Å²) in [6.45, 7) is 3.96. The summed E-state index contributed by atoms with van der Waals surface area (Å²) < 4.78 is 0. The van der Waals surface area contributed by atoms with Gasteiger partial charge < -0.3 is 4.98 Å². The van der Waals surface area contributed by atoms with Gasteiger partial charge in [0.25, 0.3) is 0 Å². The Kier molecular flexibility index (Phi) is 6.97.